The number of ether oxygens (including phenoxy) is 1. The Kier molecular flexibility index (Phi) is 5.62. The Morgan fingerprint density at radius 3 is 2.65 bits per heavy atom. The molecular weight excluding hydrogens is 402 g/mol. The van der Waals surface area contributed by atoms with Crippen molar-refractivity contribution in [3.63, 3.8) is 0 Å². The topological polar surface area (TPSA) is 68.5 Å². The van der Waals surface area contributed by atoms with Gasteiger partial charge in [-0.3, -0.25) is 9.78 Å². The fraction of sp³-hybridized carbons (Fsp3) is 0.174. The van der Waals surface area contributed by atoms with E-state index in [0.717, 1.165) is 5.69 Å². The third-order valence-corrected chi connectivity index (χ3v) is 4.79. The van der Waals surface area contributed by atoms with Crippen LogP contribution >= 0.6 is 0 Å². The molecule has 0 bridgehead atoms. The van der Waals surface area contributed by atoms with Gasteiger partial charge in [-0.25, -0.2) is 4.52 Å². The number of nitrogens with zero attached hydrogens (tertiary/aromatic N) is 3. The van der Waals surface area contributed by atoms with E-state index >= 15 is 0 Å². The molecule has 31 heavy (non-hydrogen) atoms. The quantitative estimate of drug-likeness (QED) is 0.486. The molecule has 1 N–H and O–H groups in total. The molecule has 0 spiro atoms. The Morgan fingerprint density at radius 2 is 1.90 bits per heavy atom. The van der Waals surface area contributed by atoms with Gasteiger partial charge in [-0.2, -0.15) is 13.9 Å². The summed E-state index contributed by atoms with van der Waals surface area (Å²) in [7, 11) is 0. The molecule has 0 aliphatic carbocycles. The van der Waals surface area contributed by atoms with Gasteiger partial charge in [0.25, 0.3) is 11.8 Å². The Labute approximate surface area is 177 Å². The summed E-state index contributed by atoms with van der Waals surface area (Å²) in [4.78, 5) is 17.0. The zero-order chi connectivity index (χ0) is 21.8. The summed E-state index contributed by atoms with van der Waals surface area (Å²) in [5.41, 5.74) is 1.73. The fourth-order valence-electron chi connectivity index (χ4n) is 3.22. The smallest absolute Gasteiger partial charge is 0.290 e. The molecular formula is C23H20F2N4O2. The van der Waals surface area contributed by atoms with Gasteiger partial charge in [-0.05, 0) is 25.1 Å². The molecule has 1 amide bonds. The number of rotatable bonds is 7. The molecule has 0 unspecified atom stereocenters. The summed E-state index contributed by atoms with van der Waals surface area (Å²) in [6.07, 6.45) is 3.33. The first-order valence-electron chi connectivity index (χ1n) is 9.67. The van der Waals surface area contributed by atoms with E-state index < -0.39 is 18.4 Å². The summed E-state index contributed by atoms with van der Waals surface area (Å²) >= 11 is 0. The Morgan fingerprint density at radius 1 is 1.13 bits per heavy atom. The zero-order valence-electron chi connectivity index (χ0n) is 16.8. The maximum atomic E-state index is 14.4. The van der Waals surface area contributed by atoms with Crippen LogP contribution in [0.15, 0.2) is 73.1 Å². The first kappa shape index (κ1) is 20.5. The highest BCUT2D eigenvalue weighted by molar-refractivity contribution is 6.02. The highest BCUT2D eigenvalue weighted by Crippen LogP contribution is 2.27. The van der Waals surface area contributed by atoms with Gasteiger partial charge in [-0.15, -0.1) is 0 Å². The Balaban J connectivity index is 1.52. The van der Waals surface area contributed by atoms with Gasteiger partial charge in [-0.1, -0.05) is 36.4 Å². The number of benzene rings is 1. The van der Waals surface area contributed by atoms with E-state index in [4.69, 9.17) is 4.74 Å². The molecule has 3 heterocycles. The van der Waals surface area contributed by atoms with Crippen molar-refractivity contribution < 1.29 is 18.3 Å². The number of aromatic nitrogens is 3. The molecule has 0 radical (unpaired) electrons. The SMILES string of the molecule is Cc1nn2ccc(OCc3ccccn3)cc2c1C(=O)NCC(F)(F)c1ccccc1. The van der Waals surface area contributed by atoms with Crippen molar-refractivity contribution >= 4 is 11.4 Å². The minimum absolute atomic E-state index is 0.155. The van der Waals surface area contributed by atoms with Gasteiger partial charge in [0.2, 0.25) is 0 Å². The standard InChI is InChI=1S/C23H20F2N4O2/c1-16-21(22(30)27-15-23(24,25)17-7-3-2-4-8-17)20-13-19(10-12-29(20)28-16)31-14-18-9-5-6-11-26-18/h2-13H,14-15H2,1H3,(H,27,30). The zero-order valence-corrected chi connectivity index (χ0v) is 16.8. The van der Waals surface area contributed by atoms with E-state index in [2.05, 4.69) is 15.4 Å². The lowest BCUT2D eigenvalue weighted by Gasteiger charge is -2.17. The summed E-state index contributed by atoms with van der Waals surface area (Å²) in [6, 6.07) is 16.3. The number of amides is 1. The van der Waals surface area contributed by atoms with Crippen LogP contribution in [0.25, 0.3) is 5.52 Å². The molecule has 0 aliphatic heterocycles. The largest absolute Gasteiger partial charge is 0.487 e. The Bertz CT molecular complexity index is 1190. The van der Waals surface area contributed by atoms with Crippen LogP contribution < -0.4 is 10.1 Å². The third-order valence-electron chi connectivity index (χ3n) is 4.79. The molecule has 158 valence electrons. The number of alkyl halides is 2. The first-order chi connectivity index (χ1) is 14.9. The highest BCUT2D eigenvalue weighted by atomic mass is 19.3. The van der Waals surface area contributed by atoms with E-state index in [1.165, 1.54) is 28.8 Å². The minimum Gasteiger partial charge on any atom is -0.487 e. The average Bonchev–Trinajstić information content (AvgIpc) is 3.12. The molecule has 0 fully saturated rings. The molecule has 4 aromatic rings. The van der Waals surface area contributed by atoms with Crippen molar-refractivity contribution in [2.45, 2.75) is 19.5 Å². The molecule has 4 rings (SSSR count). The van der Waals surface area contributed by atoms with Crippen molar-refractivity contribution in [2.75, 3.05) is 6.54 Å². The summed E-state index contributed by atoms with van der Waals surface area (Å²) in [5.74, 6) is -3.29. The van der Waals surface area contributed by atoms with Gasteiger partial charge in [0.15, 0.2) is 0 Å². The van der Waals surface area contributed by atoms with Crippen molar-refractivity contribution in [2.24, 2.45) is 0 Å². The number of pyridine rings is 2. The van der Waals surface area contributed by atoms with Crippen LogP contribution in [0, 0.1) is 6.92 Å². The fourth-order valence-corrected chi connectivity index (χ4v) is 3.22. The molecule has 6 nitrogen and oxygen atoms in total. The van der Waals surface area contributed by atoms with Crippen molar-refractivity contribution in [1.82, 2.24) is 19.9 Å². The number of hydrogen-bond acceptors (Lipinski definition) is 4. The first-order valence-corrected chi connectivity index (χ1v) is 9.67. The molecule has 0 atom stereocenters. The monoisotopic (exact) mass is 422 g/mol. The average molecular weight is 422 g/mol. The van der Waals surface area contributed by atoms with Crippen molar-refractivity contribution in [3.05, 3.63) is 95.6 Å². The third kappa shape index (κ3) is 4.53. The second-order valence-electron chi connectivity index (χ2n) is 7.02. The lowest BCUT2D eigenvalue weighted by Crippen LogP contribution is -2.35. The van der Waals surface area contributed by atoms with Crippen LogP contribution in [-0.4, -0.2) is 27.0 Å². The van der Waals surface area contributed by atoms with Gasteiger partial charge < -0.3 is 10.1 Å². The van der Waals surface area contributed by atoms with Crippen LogP contribution in [0.3, 0.4) is 0 Å². The van der Waals surface area contributed by atoms with E-state index in [-0.39, 0.29) is 17.7 Å². The van der Waals surface area contributed by atoms with E-state index in [0.29, 0.717) is 17.0 Å². The van der Waals surface area contributed by atoms with E-state index in [1.54, 1.807) is 37.5 Å². The van der Waals surface area contributed by atoms with Crippen LogP contribution in [0.2, 0.25) is 0 Å². The molecule has 0 aliphatic rings. The van der Waals surface area contributed by atoms with Gasteiger partial charge in [0.1, 0.15) is 12.4 Å². The Hall–Kier alpha value is -3.81. The van der Waals surface area contributed by atoms with Crippen molar-refractivity contribution in [3.8, 4) is 5.75 Å². The molecule has 1 aromatic carbocycles. The normalized spacial score (nSPS) is 11.5. The van der Waals surface area contributed by atoms with Crippen LogP contribution in [0.4, 0.5) is 8.78 Å². The van der Waals surface area contributed by atoms with Crippen LogP contribution in [-0.2, 0) is 12.5 Å². The van der Waals surface area contributed by atoms with Crippen molar-refractivity contribution in [1.29, 1.82) is 0 Å². The predicted molar refractivity (Wildman–Crippen MR) is 111 cm³/mol. The van der Waals surface area contributed by atoms with Gasteiger partial charge in [0.05, 0.1) is 29.0 Å². The number of carbonyl (C=O) groups excluding carboxylic acids is 1. The number of halogens is 2. The number of carbonyl (C=O) groups is 1. The summed E-state index contributed by atoms with van der Waals surface area (Å²) < 4.78 is 36.2. The maximum absolute atomic E-state index is 14.4. The lowest BCUT2D eigenvalue weighted by atomic mass is 10.1. The number of fused-ring (bicyclic) bond motifs is 1. The molecule has 0 saturated heterocycles. The number of hydrogen-bond donors (Lipinski definition) is 1. The van der Waals surface area contributed by atoms with Crippen LogP contribution in [0.5, 0.6) is 5.75 Å². The summed E-state index contributed by atoms with van der Waals surface area (Å²) in [5, 5.41) is 6.64. The second-order valence-corrected chi connectivity index (χ2v) is 7.02. The molecule has 8 heteroatoms. The molecule has 0 saturated carbocycles. The minimum atomic E-state index is -3.19. The second kappa shape index (κ2) is 8.51. The maximum Gasteiger partial charge on any atom is 0.290 e. The number of nitrogens with one attached hydrogen (secondary N) is 1. The van der Waals surface area contributed by atoms with Gasteiger partial charge >= 0.3 is 0 Å². The van der Waals surface area contributed by atoms with E-state index in [1.807, 2.05) is 18.2 Å². The summed E-state index contributed by atoms with van der Waals surface area (Å²) in [6.45, 7) is 1.10. The van der Waals surface area contributed by atoms with E-state index in [9.17, 15) is 13.6 Å². The predicted octanol–water partition coefficient (Wildman–Crippen LogP) is 4.14. The number of aryl methyl sites for hydroxylation is 1. The molecule has 3 aromatic heterocycles. The highest BCUT2D eigenvalue weighted by Gasteiger charge is 2.32. The van der Waals surface area contributed by atoms with Crippen LogP contribution in [0.1, 0.15) is 27.3 Å². The van der Waals surface area contributed by atoms with Gasteiger partial charge in [0, 0.05) is 24.0 Å². The lowest BCUT2D eigenvalue weighted by molar-refractivity contribution is -0.00246.